The number of morpholine rings is 2. The normalized spacial score (nSPS) is 41.4. The average Bonchev–Trinajstić information content (AvgIpc) is 2.93. The van der Waals surface area contributed by atoms with Gasteiger partial charge in [0.25, 0.3) is 5.91 Å². The second-order valence-electron chi connectivity index (χ2n) is 12.0. The van der Waals surface area contributed by atoms with Crippen LogP contribution in [0, 0.1) is 17.8 Å². The molecule has 0 aromatic carbocycles. The molecule has 0 spiro atoms. The van der Waals surface area contributed by atoms with Crippen LogP contribution in [0.3, 0.4) is 0 Å². The van der Waals surface area contributed by atoms with Crippen LogP contribution >= 0.6 is 0 Å². The Morgan fingerprint density at radius 3 is 2.73 bits per heavy atom. The van der Waals surface area contributed by atoms with E-state index in [-0.39, 0.29) is 41.9 Å². The lowest BCUT2D eigenvalue weighted by Crippen LogP contribution is -2.74. The Bertz CT molecular complexity index is 895. The van der Waals surface area contributed by atoms with Gasteiger partial charge in [-0.2, -0.15) is 0 Å². The number of nitrogens with one attached hydrogen (secondary N) is 1. The molecular weight excluding hydrogens is 475 g/mol. The Hall–Kier alpha value is -1.55. The van der Waals surface area contributed by atoms with Crippen LogP contribution in [0.4, 0.5) is 4.39 Å². The number of rotatable bonds is 6. The summed E-state index contributed by atoms with van der Waals surface area (Å²) in [4.78, 5) is 31.5. The molecule has 9 atom stereocenters. The Labute approximate surface area is 219 Å². The van der Waals surface area contributed by atoms with Crippen molar-refractivity contribution >= 4 is 11.7 Å². The van der Waals surface area contributed by atoms with E-state index in [0.29, 0.717) is 51.2 Å². The zero-order valence-electron chi connectivity index (χ0n) is 21.9. The summed E-state index contributed by atoms with van der Waals surface area (Å²) >= 11 is 0. The highest BCUT2D eigenvalue weighted by Gasteiger charge is 2.60. The van der Waals surface area contributed by atoms with Gasteiger partial charge in [0.2, 0.25) is 0 Å². The van der Waals surface area contributed by atoms with Crippen molar-refractivity contribution in [1.29, 1.82) is 0 Å². The van der Waals surface area contributed by atoms with E-state index in [2.05, 4.69) is 10.2 Å². The number of Topliss-reactive ketones (excluding diaryl/α,β-unsaturated/α-hetero) is 1. The van der Waals surface area contributed by atoms with Crippen LogP contribution in [0.5, 0.6) is 0 Å². The Morgan fingerprint density at radius 2 is 1.92 bits per heavy atom. The predicted molar refractivity (Wildman–Crippen MR) is 136 cm³/mol. The number of carbonyl (C=O) groups excluding carboxylic acids is 2. The maximum Gasteiger partial charge on any atom is 0.259 e. The van der Waals surface area contributed by atoms with E-state index in [1.165, 1.54) is 19.3 Å². The molecule has 6 rings (SSSR count). The predicted octanol–water partition coefficient (Wildman–Crippen LogP) is 1.77. The number of unbranched alkanes of at least 4 members (excludes halogenated alkanes) is 1. The Balaban J connectivity index is 1.35. The minimum absolute atomic E-state index is 0.00378. The maximum atomic E-state index is 15.8. The summed E-state index contributed by atoms with van der Waals surface area (Å²) in [6, 6.07) is -0.531. The molecular formula is C28H43FN4O4. The Kier molecular flexibility index (Phi) is 7.58. The highest BCUT2D eigenvalue weighted by Crippen LogP contribution is 2.51. The molecule has 1 amide bonds. The summed E-state index contributed by atoms with van der Waals surface area (Å²) in [5.74, 6) is 0.180. The third kappa shape index (κ3) is 4.64. The molecule has 3 aliphatic carbocycles. The van der Waals surface area contributed by atoms with Gasteiger partial charge in [-0.25, -0.2) is 4.39 Å². The largest absolute Gasteiger partial charge is 0.378 e. The molecule has 0 aromatic rings. The fourth-order valence-corrected chi connectivity index (χ4v) is 8.28. The van der Waals surface area contributed by atoms with E-state index in [1.54, 1.807) is 4.90 Å². The van der Waals surface area contributed by atoms with Crippen molar-refractivity contribution < 1.29 is 23.5 Å². The lowest BCUT2D eigenvalue weighted by atomic mass is 9.63. The van der Waals surface area contributed by atoms with Crippen molar-refractivity contribution in [3.05, 3.63) is 11.8 Å². The quantitative estimate of drug-likeness (QED) is 0.409. The van der Waals surface area contributed by atoms with Crippen molar-refractivity contribution in [3.63, 3.8) is 0 Å². The third-order valence-corrected chi connectivity index (χ3v) is 10.0. The van der Waals surface area contributed by atoms with Crippen molar-refractivity contribution in [2.75, 3.05) is 39.4 Å². The van der Waals surface area contributed by atoms with Crippen LogP contribution in [-0.2, 0) is 19.1 Å². The average molecular weight is 519 g/mol. The van der Waals surface area contributed by atoms with E-state index in [1.807, 2.05) is 6.20 Å². The first-order chi connectivity index (χ1) is 18.1. The lowest BCUT2D eigenvalue weighted by molar-refractivity contribution is -0.215. The second kappa shape index (κ2) is 10.9. The summed E-state index contributed by atoms with van der Waals surface area (Å²) in [5.41, 5.74) is 5.90. The van der Waals surface area contributed by atoms with E-state index >= 15 is 4.39 Å². The minimum atomic E-state index is -1.20. The van der Waals surface area contributed by atoms with E-state index in [4.69, 9.17) is 15.2 Å². The fourth-order valence-electron chi connectivity index (χ4n) is 8.28. The molecule has 9 unspecified atom stereocenters. The summed E-state index contributed by atoms with van der Waals surface area (Å²) < 4.78 is 28.0. The van der Waals surface area contributed by atoms with Crippen molar-refractivity contribution in [2.24, 2.45) is 23.5 Å². The van der Waals surface area contributed by atoms with Crippen LogP contribution < -0.4 is 11.1 Å². The van der Waals surface area contributed by atoms with Gasteiger partial charge in [-0.3, -0.25) is 9.59 Å². The molecule has 37 heavy (non-hydrogen) atoms. The number of fused-ring (bicyclic) bond motifs is 4. The monoisotopic (exact) mass is 518 g/mol. The molecule has 3 aliphatic heterocycles. The SMILES string of the molecule is NCCCCNC1C(F)CC2C(=O)C(C(=O)N3CCOCC3)=CN3C4C(CCC5CCCCC54)OC1C23. The number of nitrogens with two attached hydrogens (primary N) is 1. The molecule has 9 heteroatoms. The summed E-state index contributed by atoms with van der Waals surface area (Å²) in [7, 11) is 0. The molecule has 8 nitrogen and oxygen atoms in total. The number of amides is 1. The van der Waals surface area contributed by atoms with Crippen LogP contribution in [0.15, 0.2) is 11.8 Å². The molecule has 2 saturated heterocycles. The summed E-state index contributed by atoms with van der Waals surface area (Å²) in [6.45, 7) is 3.24. The van der Waals surface area contributed by atoms with Gasteiger partial charge in [-0.15, -0.1) is 0 Å². The number of ether oxygens (including phenoxy) is 2. The third-order valence-electron chi connectivity index (χ3n) is 10.0. The number of alkyl halides is 1. The molecule has 206 valence electrons. The first-order valence-corrected chi connectivity index (χ1v) is 14.7. The molecule has 0 aromatic heterocycles. The van der Waals surface area contributed by atoms with Crippen molar-refractivity contribution in [1.82, 2.24) is 15.1 Å². The highest BCUT2D eigenvalue weighted by atomic mass is 19.1. The first-order valence-electron chi connectivity index (χ1n) is 14.7. The van der Waals surface area contributed by atoms with E-state index < -0.39 is 24.2 Å². The van der Waals surface area contributed by atoms with Gasteiger partial charge in [0, 0.05) is 25.2 Å². The van der Waals surface area contributed by atoms with Crippen LogP contribution in [0.25, 0.3) is 0 Å². The summed E-state index contributed by atoms with van der Waals surface area (Å²) in [5, 5.41) is 3.44. The maximum absolute atomic E-state index is 15.8. The first kappa shape index (κ1) is 25.7. The molecule has 5 fully saturated rings. The fraction of sp³-hybridized carbons (Fsp3) is 0.857. The second-order valence-corrected chi connectivity index (χ2v) is 12.0. The van der Waals surface area contributed by atoms with Crippen LogP contribution in [0.1, 0.15) is 57.8 Å². The van der Waals surface area contributed by atoms with Crippen molar-refractivity contribution in [2.45, 2.75) is 94.3 Å². The van der Waals surface area contributed by atoms with E-state index in [0.717, 1.165) is 32.1 Å². The zero-order valence-corrected chi connectivity index (χ0v) is 21.9. The summed E-state index contributed by atoms with van der Waals surface area (Å²) in [6.07, 6.45) is 9.21. The standard InChI is InChI=1S/C28H43FN4O4/c29-21-15-19-25-27(23(21)31-10-4-3-9-30)37-22-8-7-17-5-1-2-6-18(17)24(22)33(25)16-20(26(19)34)28(35)32-11-13-36-14-12-32/h16-19,21-25,27,31H,1-15,30H2. The molecule has 3 saturated carbocycles. The van der Waals surface area contributed by atoms with Gasteiger partial charge in [-0.05, 0) is 63.5 Å². The van der Waals surface area contributed by atoms with Gasteiger partial charge in [-0.1, -0.05) is 19.3 Å². The highest BCUT2D eigenvalue weighted by molar-refractivity contribution is 6.20. The zero-order chi connectivity index (χ0) is 25.5. The lowest BCUT2D eigenvalue weighted by Gasteiger charge is -2.62. The number of halogens is 1. The van der Waals surface area contributed by atoms with Gasteiger partial charge in [0.05, 0.1) is 49.1 Å². The smallest absolute Gasteiger partial charge is 0.259 e. The minimum Gasteiger partial charge on any atom is -0.378 e. The number of carbonyl (C=O) groups is 2. The van der Waals surface area contributed by atoms with Gasteiger partial charge in [0.1, 0.15) is 6.17 Å². The molecule has 0 radical (unpaired) electrons. The van der Waals surface area contributed by atoms with Gasteiger partial charge >= 0.3 is 0 Å². The number of hydrogen-bond donors (Lipinski definition) is 2. The molecule has 3 heterocycles. The Morgan fingerprint density at radius 1 is 1.11 bits per heavy atom. The number of nitrogens with zero attached hydrogens (tertiary/aromatic N) is 2. The van der Waals surface area contributed by atoms with Gasteiger partial charge < -0.3 is 30.3 Å². The molecule has 0 bridgehead atoms. The topological polar surface area (TPSA) is 97.1 Å². The van der Waals surface area contributed by atoms with Gasteiger partial charge in [0.15, 0.2) is 5.78 Å². The molecule has 6 aliphatic rings. The number of hydrogen-bond acceptors (Lipinski definition) is 7. The van der Waals surface area contributed by atoms with E-state index in [9.17, 15) is 9.59 Å². The van der Waals surface area contributed by atoms with Crippen LogP contribution in [-0.4, -0.2) is 97.4 Å². The number of ketones is 1. The van der Waals surface area contributed by atoms with Crippen LogP contribution in [0.2, 0.25) is 0 Å². The molecule has 3 N–H and O–H groups in total. The van der Waals surface area contributed by atoms with Crippen molar-refractivity contribution in [3.8, 4) is 0 Å².